The molecule has 0 aliphatic heterocycles. The summed E-state index contributed by atoms with van der Waals surface area (Å²) in [5, 5.41) is 3.62. The number of rotatable bonds is 8. The lowest BCUT2D eigenvalue weighted by molar-refractivity contribution is 0.509. The van der Waals surface area contributed by atoms with Gasteiger partial charge in [0.05, 0.1) is 6.54 Å². The third-order valence-electron chi connectivity index (χ3n) is 4.59. The van der Waals surface area contributed by atoms with E-state index < -0.39 is 0 Å². The van der Waals surface area contributed by atoms with Crippen LogP contribution in [0.25, 0.3) is 10.4 Å². The fourth-order valence-electron chi connectivity index (χ4n) is 3.15. The molecule has 2 unspecified atom stereocenters. The first kappa shape index (κ1) is 17.1. The fourth-order valence-corrected chi connectivity index (χ4v) is 3.15. The van der Waals surface area contributed by atoms with E-state index in [4.69, 9.17) is 5.53 Å². The van der Waals surface area contributed by atoms with Gasteiger partial charge in [-0.05, 0) is 53.3 Å². The summed E-state index contributed by atoms with van der Waals surface area (Å²) in [5.74, 6) is 1.16. The van der Waals surface area contributed by atoms with E-state index in [1.54, 1.807) is 0 Å². The summed E-state index contributed by atoms with van der Waals surface area (Å²) >= 11 is 0. The molecule has 3 nitrogen and oxygen atoms in total. The predicted octanol–water partition coefficient (Wildman–Crippen LogP) is 6.57. The van der Waals surface area contributed by atoms with E-state index in [9.17, 15) is 0 Å². The molecule has 0 heterocycles. The Labute approximate surface area is 139 Å². The molecule has 2 aromatic rings. The van der Waals surface area contributed by atoms with Crippen molar-refractivity contribution in [1.29, 1.82) is 0 Å². The maximum absolute atomic E-state index is 8.40. The van der Waals surface area contributed by atoms with Gasteiger partial charge in [-0.1, -0.05) is 73.6 Å². The molecule has 0 saturated heterocycles. The van der Waals surface area contributed by atoms with E-state index >= 15 is 0 Å². The summed E-state index contributed by atoms with van der Waals surface area (Å²) < 4.78 is 0. The molecule has 2 atom stereocenters. The molecule has 0 amide bonds. The van der Waals surface area contributed by atoms with Gasteiger partial charge in [-0.25, -0.2) is 0 Å². The van der Waals surface area contributed by atoms with Gasteiger partial charge in [-0.3, -0.25) is 0 Å². The predicted molar refractivity (Wildman–Crippen MR) is 96.4 cm³/mol. The van der Waals surface area contributed by atoms with Gasteiger partial charge < -0.3 is 0 Å². The zero-order chi connectivity index (χ0) is 16.5. The lowest BCUT2D eigenvalue weighted by Gasteiger charge is -2.23. The van der Waals surface area contributed by atoms with Gasteiger partial charge in [0.25, 0.3) is 0 Å². The topological polar surface area (TPSA) is 48.8 Å². The molecule has 23 heavy (non-hydrogen) atoms. The van der Waals surface area contributed by atoms with E-state index in [1.807, 2.05) is 0 Å². The molecule has 0 spiro atoms. The summed E-state index contributed by atoms with van der Waals surface area (Å²) in [7, 11) is 0. The summed E-state index contributed by atoms with van der Waals surface area (Å²) in [6.07, 6.45) is 3.47. The Morgan fingerprint density at radius 1 is 0.870 bits per heavy atom. The van der Waals surface area contributed by atoms with Crippen LogP contribution in [0.15, 0.2) is 59.7 Å². The third kappa shape index (κ3) is 4.87. The van der Waals surface area contributed by atoms with Crippen LogP contribution >= 0.6 is 0 Å². The zero-order valence-electron chi connectivity index (χ0n) is 14.0. The molecule has 120 valence electrons. The van der Waals surface area contributed by atoms with E-state index in [-0.39, 0.29) is 0 Å². The molecule has 0 saturated carbocycles. The highest BCUT2D eigenvalue weighted by Gasteiger charge is 2.17. The third-order valence-corrected chi connectivity index (χ3v) is 4.59. The van der Waals surface area contributed by atoms with Crippen LogP contribution in [0.4, 0.5) is 0 Å². The van der Waals surface area contributed by atoms with Crippen molar-refractivity contribution in [3.05, 3.63) is 81.7 Å². The van der Waals surface area contributed by atoms with Gasteiger partial charge >= 0.3 is 0 Å². The summed E-state index contributed by atoms with van der Waals surface area (Å²) in [6.45, 7) is 4.96. The van der Waals surface area contributed by atoms with Crippen molar-refractivity contribution in [3.8, 4) is 0 Å². The Morgan fingerprint density at radius 2 is 1.43 bits per heavy atom. The minimum atomic E-state index is 0.426. The van der Waals surface area contributed by atoms with Gasteiger partial charge in [0.1, 0.15) is 0 Å². The van der Waals surface area contributed by atoms with E-state index in [0.29, 0.717) is 18.4 Å². The summed E-state index contributed by atoms with van der Waals surface area (Å²) in [4.78, 5) is 2.81. The van der Waals surface area contributed by atoms with Crippen LogP contribution in [0.1, 0.15) is 61.6 Å². The highest BCUT2D eigenvalue weighted by Crippen LogP contribution is 2.34. The highest BCUT2D eigenvalue weighted by atomic mass is 15.1. The van der Waals surface area contributed by atoms with E-state index in [1.165, 1.54) is 17.5 Å². The zero-order valence-corrected chi connectivity index (χ0v) is 14.0. The molecule has 0 aromatic heterocycles. The fraction of sp³-hybridized carbons (Fsp3) is 0.400. The first-order valence-electron chi connectivity index (χ1n) is 8.43. The largest absolute Gasteiger partial charge is 0.0893 e. The standard InChI is InChI=1S/C20H25N3/c1-3-17(19-8-6-5-7-9-19)14-18(4-2)20-12-10-16(11-13-20)15-22-23-21/h5-13,17-18H,3-4,14-15H2,1-2H3. The number of nitrogens with zero attached hydrogens (tertiary/aromatic N) is 3. The average Bonchev–Trinajstić information content (AvgIpc) is 2.62. The van der Waals surface area contributed by atoms with Gasteiger partial charge in [-0.2, -0.15) is 0 Å². The molecule has 2 rings (SSSR count). The molecule has 0 fully saturated rings. The summed E-state index contributed by atoms with van der Waals surface area (Å²) in [6, 6.07) is 19.4. The first-order valence-corrected chi connectivity index (χ1v) is 8.43. The molecular weight excluding hydrogens is 282 g/mol. The van der Waals surface area contributed by atoms with Gasteiger partial charge in [0, 0.05) is 4.91 Å². The van der Waals surface area contributed by atoms with Crippen LogP contribution < -0.4 is 0 Å². The van der Waals surface area contributed by atoms with Crippen molar-refractivity contribution in [3.63, 3.8) is 0 Å². The minimum Gasteiger partial charge on any atom is -0.0893 e. The molecule has 0 bridgehead atoms. The van der Waals surface area contributed by atoms with E-state index in [0.717, 1.165) is 18.4 Å². The molecule has 0 radical (unpaired) electrons. The normalized spacial score (nSPS) is 13.1. The Bertz CT molecular complexity index is 628. The maximum atomic E-state index is 8.40. The second-order valence-corrected chi connectivity index (χ2v) is 5.99. The van der Waals surface area contributed by atoms with Crippen LogP contribution in [0.3, 0.4) is 0 Å². The maximum Gasteiger partial charge on any atom is 0.0510 e. The lowest BCUT2D eigenvalue weighted by atomic mass is 9.82. The average molecular weight is 307 g/mol. The Balaban J connectivity index is 2.10. The minimum absolute atomic E-state index is 0.426. The molecule has 0 aliphatic carbocycles. The molecule has 0 aliphatic rings. The van der Waals surface area contributed by atoms with E-state index in [2.05, 4.69) is 78.5 Å². The van der Waals surface area contributed by atoms with Crippen LogP contribution in [-0.4, -0.2) is 0 Å². The van der Waals surface area contributed by atoms with Gasteiger partial charge in [0.15, 0.2) is 0 Å². The smallest absolute Gasteiger partial charge is 0.0510 e. The van der Waals surface area contributed by atoms with Crippen LogP contribution in [0.2, 0.25) is 0 Å². The van der Waals surface area contributed by atoms with Gasteiger partial charge in [-0.15, -0.1) is 0 Å². The van der Waals surface area contributed by atoms with Crippen molar-refractivity contribution in [2.45, 2.75) is 51.5 Å². The SMILES string of the molecule is CCC(CC(CC)c1ccc(CN=[N+]=[N-])cc1)c1ccccc1. The van der Waals surface area contributed by atoms with Crippen LogP contribution in [0, 0.1) is 0 Å². The van der Waals surface area contributed by atoms with Crippen LogP contribution in [0.5, 0.6) is 0 Å². The number of hydrogen-bond donors (Lipinski definition) is 0. The van der Waals surface area contributed by atoms with Crippen molar-refractivity contribution in [1.82, 2.24) is 0 Å². The monoisotopic (exact) mass is 307 g/mol. The van der Waals surface area contributed by atoms with Crippen molar-refractivity contribution in [2.75, 3.05) is 0 Å². The molecule has 3 heteroatoms. The summed E-state index contributed by atoms with van der Waals surface area (Å²) in [5.41, 5.74) is 12.3. The highest BCUT2D eigenvalue weighted by molar-refractivity contribution is 5.27. The van der Waals surface area contributed by atoms with Crippen molar-refractivity contribution >= 4 is 0 Å². The molecular formula is C20H25N3. The first-order chi connectivity index (χ1) is 11.3. The molecule has 0 N–H and O–H groups in total. The second-order valence-electron chi connectivity index (χ2n) is 5.99. The lowest BCUT2D eigenvalue weighted by Crippen LogP contribution is -2.06. The molecule has 2 aromatic carbocycles. The van der Waals surface area contributed by atoms with Crippen LogP contribution in [-0.2, 0) is 6.54 Å². The Morgan fingerprint density at radius 3 is 1.96 bits per heavy atom. The Hall–Kier alpha value is -2.25. The Kier molecular flexibility index (Phi) is 6.71. The van der Waals surface area contributed by atoms with Crippen molar-refractivity contribution in [2.24, 2.45) is 5.11 Å². The quantitative estimate of drug-likeness (QED) is 0.301. The number of benzene rings is 2. The second kappa shape index (κ2) is 9.02. The van der Waals surface area contributed by atoms with Crippen molar-refractivity contribution < 1.29 is 0 Å². The number of hydrogen-bond acceptors (Lipinski definition) is 1. The number of azide groups is 1. The van der Waals surface area contributed by atoms with Gasteiger partial charge in [0.2, 0.25) is 0 Å².